The Labute approximate surface area is 164 Å². The molecule has 2 rings (SSSR count). The maximum Gasteiger partial charge on any atom is 0.227 e. The predicted molar refractivity (Wildman–Crippen MR) is 108 cm³/mol. The molecule has 0 aliphatic rings. The van der Waals surface area contributed by atoms with Crippen LogP contribution in [0.1, 0.15) is 18.9 Å². The molecule has 0 radical (unpaired) electrons. The van der Waals surface area contributed by atoms with Gasteiger partial charge in [0, 0.05) is 26.2 Å². The summed E-state index contributed by atoms with van der Waals surface area (Å²) in [6.07, 6.45) is 1.83. The number of carbonyl (C=O) groups is 1. The molecular formula is C20H26FN5O2. The van der Waals surface area contributed by atoms with Gasteiger partial charge in [-0.25, -0.2) is 9.37 Å². The first kappa shape index (κ1) is 21.1. The number of rotatable bonds is 8. The number of pyridine rings is 1. The summed E-state index contributed by atoms with van der Waals surface area (Å²) in [6.45, 7) is 4.75. The van der Waals surface area contributed by atoms with Gasteiger partial charge in [-0.05, 0) is 49.7 Å². The first-order valence-electron chi connectivity index (χ1n) is 9.05. The number of ether oxygens (including phenoxy) is 1. The van der Waals surface area contributed by atoms with Gasteiger partial charge in [0.15, 0.2) is 5.96 Å². The van der Waals surface area contributed by atoms with Crippen LogP contribution in [0.4, 0.5) is 10.2 Å². The smallest absolute Gasteiger partial charge is 0.227 e. The molecule has 1 amide bonds. The Balaban J connectivity index is 1.67. The summed E-state index contributed by atoms with van der Waals surface area (Å²) in [5.74, 6) is 1.26. The van der Waals surface area contributed by atoms with E-state index in [0.29, 0.717) is 30.6 Å². The Hall–Kier alpha value is -3.16. The van der Waals surface area contributed by atoms with E-state index >= 15 is 0 Å². The van der Waals surface area contributed by atoms with Crippen LogP contribution in [-0.2, 0) is 4.79 Å². The Morgan fingerprint density at radius 1 is 1.21 bits per heavy atom. The molecule has 7 nitrogen and oxygen atoms in total. The minimum absolute atomic E-state index is 0.132. The lowest BCUT2D eigenvalue weighted by molar-refractivity contribution is -0.116. The van der Waals surface area contributed by atoms with Crippen LogP contribution in [0.15, 0.2) is 47.6 Å². The van der Waals surface area contributed by atoms with Gasteiger partial charge in [-0.2, -0.15) is 0 Å². The van der Waals surface area contributed by atoms with Crippen LogP contribution in [0.5, 0.6) is 5.75 Å². The Morgan fingerprint density at radius 2 is 1.96 bits per heavy atom. The average Bonchev–Trinajstić information content (AvgIpc) is 2.68. The van der Waals surface area contributed by atoms with Gasteiger partial charge in [0.2, 0.25) is 5.91 Å². The van der Waals surface area contributed by atoms with Crippen molar-refractivity contribution in [3.63, 3.8) is 0 Å². The summed E-state index contributed by atoms with van der Waals surface area (Å²) in [6, 6.07) is 9.53. The van der Waals surface area contributed by atoms with E-state index in [-0.39, 0.29) is 24.2 Å². The molecule has 1 atom stereocenters. The fourth-order valence-electron chi connectivity index (χ4n) is 2.29. The number of nitrogens with zero attached hydrogens (tertiary/aromatic N) is 2. The zero-order valence-electron chi connectivity index (χ0n) is 16.3. The highest BCUT2D eigenvalue weighted by molar-refractivity contribution is 5.90. The first-order valence-corrected chi connectivity index (χ1v) is 9.05. The quantitative estimate of drug-likeness (QED) is 0.478. The van der Waals surface area contributed by atoms with Crippen LogP contribution in [0.3, 0.4) is 0 Å². The van der Waals surface area contributed by atoms with Crippen molar-refractivity contribution < 1.29 is 13.9 Å². The molecule has 0 aliphatic heterocycles. The Morgan fingerprint density at radius 3 is 2.61 bits per heavy atom. The third kappa shape index (κ3) is 7.61. The fourth-order valence-corrected chi connectivity index (χ4v) is 2.29. The van der Waals surface area contributed by atoms with Crippen LogP contribution in [0, 0.1) is 12.7 Å². The van der Waals surface area contributed by atoms with Crippen LogP contribution in [-0.4, -0.2) is 43.1 Å². The highest BCUT2D eigenvalue weighted by Crippen LogP contribution is 2.12. The van der Waals surface area contributed by atoms with E-state index in [1.165, 1.54) is 12.1 Å². The molecule has 0 spiro atoms. The number of guanidine groups is 1. The predicted octanol–water partition coefficient (Wildman–Crippen LogP) is 2.49. The van der Waals surface area contributed by atoms with Crippen LogP contribution < -0.4 is 20.7 Å². The largest absolute Gasteiger partial charge is 0.489 e. The second kappa shape index (κ2) is 10.9. The van der Waals surface area contributed by atoms with Gasteiger partial charge in [0.1, 0.15) is 23.5 Å². The molecule has 1 unspecified atom stereocenters. The van der Waals surface area contributed by atoms with E-state index in [2.05, 4.69) is 25.9 Å². The number of hydrogen-bond donors (Lipinski definition) is 3. The number of aliphatic imine (C=N–C) groups is 1. The molecule has 1 aromatic carbocycles. The van der Waals surface area contributed by atoms with Crippen molar-refractivity contribution in [2.24, 2.45) is 4.99 Å². The molecule has 2 aromatic rings. The van der Waals surface area contributed by atoms with Crippen molar-refractivity contribution in [3.05, 3.63) is 54.0 Å². The number of hydrogen-bond acceptors (Lipinski definition) is 4. The van der Waals surface area contributed by atoms with Crippen molar-refractivity contribution in [3.8, 4) is 5.75 Å². The second-order valence-electron chi connectivity index (χ2n) is 6.28. The maximum absolute atomic E-state index is 12.9. The van der Waals surface area contributed by atoms with E-state index in [1.54, 1.807) is 31.4 Å². The number of aromatic nitrogens is 1. The molecule has 0 fully saturated rings. The summed E-state index contributed by atoms with van der Waals surface area (Å²) < 4.78 is 18.6. The minimum Gasteiger partial charge on any atom is -0.489 e. The normalized spacial score (nSPS) is 12.2. The zero-order valence-corrected chi connectivity index (χ0v) is 16.3. The summed E-state index contributed by atoms with van der Waals surface area (Å²) >= 11 is 0. The van der Waals surface area contributed by atoms with Crippen molar-refractivity contribution in [1.29, 1.82) is 0 Å². The molecule has 0 bridgehead atoms. The van der Waals surface area contributed by atoms with Crippen LogP contribution >= 0.6 is 0 Å². The number of halogens is 1. The lowest BCUT2D eigenvalue weighted by Gasteiger charge is -2.17. The van der Waals surface area contributed by atoms with Gasteiger partial charge in [0.05, 0.1) is 6.54 Å². The molecule has 1 heterocycles. The van der Waals surface area contributed by atoms with Crippen LogP contribution in [0.25, 0.3) is 0 Å². The van der Waals surface area contributed by atoms with Crippen molar-refractivity contribution in [2.75, 3.05) is 25.5 Å². The molecule has 0 saturated carbocycles. The van der Waals surface area contributed by atoms with E-state index in [9.17, 15) is 9.18 Å². The first-order chi connectivity index (χ1) is 13.5. The Kier molecular flexibility index (Phi) is 8.20. The van der Waals surface area contributed by atoms with E-state index in [1.807, 2.05) is 19.9 Å². The summed E-state index contributed by atoms with van der Waals surface area (Å²) in [5.41, 5.74) is 1.03. The third-order valence-corrected chi connectivity index (χ3v) is 3.75. The number of amides is 1. The molecule has 150 valence electrons. The molecular weight excluding hydrogens is 361 g/mol. The van der Waals surface area contributed by atoms with Gasteiger partial charge in [-0.15, -0.1) is 0 Å². The highest BCUT2D eigenvalue weighted by Gasteiger charge is 2.07. The highest BCUT2D eigenvalue weighted by atomic mass is 19.1. The topological polar surface area (TPSA) is 87.6 Å². The molecule has 3 N–H and O–H groups in total. The average molecular weight is 387 g/mol. The molecule has 28 heavy (non-hydrogen) atoms. The Bertz CT molecular complexity index is 778. The van der Waals surface area contributed by atoms with Crippen molar-refractivity contribution >= 4 is 17.7 Å². The monoisotopic (exact) mass is 387 g/mol. The zero-order chi connectivity index (χ0) is 20.4. The number of benzene rings is 1. The standard InChI is InChI=1S/C20H26FN5O2/c1-14-4-9-18(24-12-14)26-19(27)10-11-23-20(22-3)25-13-15(2)28-17-7-5-16(21)6-8-17/h4-9,12,15H,10-11,13H2,1-3H3,(H2,22,23,25)(H,24,26,27). The molecule has 1 aromatic heterocycles. The van der Waals surface area contributed by atoms with Gasteiger partial charge in [-0.3, -0.25) is 9.79 Å². The third-order valence-electron chi connectivity index (χ3n) is 3.75. The molecule has 0 aliphatic carbocycles. The fraction of sp³-hybridized carbons (Fsp3) is 0.350. The lowest BCUT2D eigenvalue weighted by Crippen LogP contribution is -2.42. The van der Waals surface area contributed by atoms with Gasteiger partial charge < -0.3 is 20.7 Å². The summed E-state index contributed by atoms with van der Waals surface area (Å²) in [7, 11) is 1.65. The van der Waals surface area contributed by atoms with Crippen LogP contribution in [0.2, 0.25) is 0 Å². The van der Waals surface area contributed by atoms with E-state index in [4.69, 9.17) is 4.74 Å². The maximum atomic E-state index is 12.9. The second-order valence-corrected chi connectivity index (χ2v) is 6.28. The van der Waals surface area contributed by atoms with E-state index < -0.39 is 0 Å². The molecule has 8 heteroatoms. The lowest BCUT2D eigenvalue weighted by atomic mass is 10.3. The minimum atomic E-state index is -0.301. The van der Waals surface area contributed by atoms with Crippen molar-refractivity contribution in [1.82, 2.24) is 15.6 Å². The number of aryl methyl sites for hydroxylation is 1. The summed E-state index contributed by atoms with van der Waals surface area (Å²) in [5, 5.41) is 8.95. The van der Waals surface area contributed by atoms with Gasteiger partial charge in [0.25, 0.3) is 0 Å². The number of anilines is 1. The van der Waals surface area contributed by atoms with Crippen molar-refractivity contribution in [2.45, 2.75) is 26.4 Å². The van der Waals surface area contributed by atoms with Gasteiger partial charge >= 0.3 is 0 Å². The molecule has 0 saturated heterocycles. The number of nitrogens with one attached hydrogen (secondary N) is 3. The summed E-state index contributed by atoms with van der Waals surface area (Å²) in [4.78, 5) is 20.2. The number of carbonyl (C=O) groups excluding carboxylic acids is 1. The van der Waals surface area contributed by atoms with E-state index in [0.717, 1.165) is 5.56 Å². The van der Waals surface area contributed by atoms with Gasteiger partial charge in [-0.1, -0.05) is 6.07 Å². The SMILES string of the molecule is CN=C(NCCC(=O)Nc1ccc(C)cn1)NCC(C)Oc1ccc(F)cc1.